The van der Waals surface area contributed by atoms with E-state index in [1.165, 1.54) is 0 Å². The molecule has 0 aliphatic rings. The van der Waals surface area contributed by atoms with E-state index in [1.54, 1.807) is 0 Å². The van der Waals surface area contributed by atoms with Gasteiger partial charge in [0.15, 0.2) is 0 Å². The van der Waals surface area contributed by atoms with Crippen molar-refractivity contribution in [3.63, 3.8) is 0 Å². The Bertz CT molecular complexity index is 684. The molecule has 0 fully saturated rings. The Hall–Kier alpha value is -1.29. The van der Waals surface area contributed by atoms with Crippen molar-refractivity contribution in [3.05, 3.63) is 57.1 Å². The maximum absolute atomic E-state index is 6.28. The maximum Gasteiger partial charge on any atom is 0.104 e. The van der Waals surface area contributed by atoms with Crippen LogP contribution in [0.1, 0.15) is 16.7 Å². The van der Waals surface area contributed by atoms with Crippen LogP contribution in [0.4, 0.5) is 11.4 Å². The van der Waals surface area contributed by atoms with E-state index in [2.05, 4.69) is 5.32 Å². The van der Waals surface area contributed by atoms with Gasteiger partial charge < -0.3 is 11.1 Å². The molecule has 0 saturated carbocycles. The molecule has 0 aromatic heterocycles. The van der Waals surface area contributed by atoms with Crippen LogP contribution in [0.5, 0.6) is 0 Å². The van der Waals surface area contributed by atoms with Crippen molar-refractivity contribution >= 4 is 51.8 Å². The molecule has 0 saturated heterocycles. The molecule has 0 unspecified atom stereocenters. The van der Waals surface area contributed by atoms with Gasteiger partial charge in [0.25, 0.3) is 0 Å². The number of thiocarbonyl (C=S) groups is 1. The molecular formula is C15H14Cl2N2S. The summed E-state index contributed by atoms with van der Waals surface area (Å²) < 4.78 is 0. The van der Waals surface area contributed by atoms with Crippen molar-refractivity contribution in [1.29, 1.82) is 0 Å². The lowest BCUT2D eigenvalue weighted by Gasteiger charge is -2.14. The fourth-order valence-electron chi connectivity index (χ4n) is 1.93. The molecule has 0 radical (unpaired) electrons. The first-order valence-corrected chi connectivity index (χ1v) is 7.18. The van der Waals surface area contributed by atoms with E-state index in [9.17, 15) is 0 Å². The standard InChI is InChI=1S/C15H14Cl2N2S/c1-8-3-6-12(16)14(13(8)17)19-10-4-5-11(15(18)20)9(2)7-10/h3-7,19H,1-2H3,(H2,18,20). The largest absolute Gasteiger partial charge is 0.389 e. The third kappa shape index (κ3) is 3.06. The van der Waals surface area contributed by atoms with Gasteiger partial charge in [0.1, 0.15) is 4.99 Å². The normalized spacial score (nSPS) is 10.4. The first-order chi connectivity index (χ1) is 9.40. The molecule has 2 aromatic rings. The minimum atomic E-state index is 0.390. The zero-order valence-electron chi connectivity index (χ0n) is 11.1. The van der Waals surface area contributed by atoms with Crippen LogP contribution >= 0.6 is 35.4 Å². The van der Waals surface area contributed by atoms with Crippen LogP contribution in [-0.4, -0.2) is 4.99 Å². The van der Waals surface area contributed by atoms with Gasteiger partial charge in [-0.3, -0.25) is 0 Å². The molecular weight excluding hydrogens is 311 g/mol. The van der Waals surface area contributed by atoms with Crippen LogP contribution in [0, 0.1) is 13.8 Å². The number of halogens is 2. The van der Waals surface area contributed by atoms with E-state index in [1.807, 2.05) is 44.2 Å². The lowest BCUT2D eigenvalue weighted by molar-refractivity contribution is 1.41. The fraction of sp³-hybridized carbons (Fsp3) is 0.133. The zero-order chi connectivity index (χ0) is 14.9. The smallest absolute Gasteiger partial charge is 0.104 e. The second-order valence-corrected chi connectivity index (χ2v) is 5.80. The summed E-state index contributed by atoms with van der Waals surface area (Å²) in [6, 6.07) is 9.45. The lowest BCUT2D eigenvalue weighted by Crippen LogP contribution is -2.11. The molecule has 0 bridgehead atoms. The molecule has 2 nitrogen and oxygen atoms in total. The quantitative estimate of drug-likeness (QED) is 0.781. The summed E-state index contributed by atoms with van der Waals surface area (Å²) in [5.74, 6) is 0. The van der Waals surface area contributed by atoms with Crippen LogP contribution in [0.2, 0.25) is 10.0 Å². The van der Waals surface area contributed by atoms with Gasteiger partial charge in [-0.1, -0.05) is 41.5 Å². The van der Waals surface area contributed by atoms with Gasteiger partial charge in [-0.05, 0) is 49.2 Å². The first kappa shape index (κ1) is 15.1. The number of hydrogen-bond donors (Lipinski definition) is 2. The maximum atomic E-state index is 6.28. The van der Waals surface area contributed by atoms with E-state index in [4.69, 9.17) is 41.2 Å². The fourth-order valence-corrected chi connectivity index (χ4v) is 2.63. The number of nitrogens with one attached hydrogen (secondary N) is 1. The summed E-state index contributed by atoms with van der Waals surface area (Å²) in [5, 5.41) is 4.44. The highest BCUT2D eigenvalue weighted by Gasteiger charge is 2.09. The van der Waals surface area contributed by atoms with Gasteiger partial charge in [0, 0.05) is 11.3 Å². The number of rotatable bonds is 3. The molecule has 5 heteroatoms. The predicted octanol–water partition coefficient (Wildman–Crippen LogP) is 4.99. The van der Waals surface area contributed by atoms with Crippen molar-refractivity contribution in [3.8, 4) is 0 Å². The van der Waals surface area contributed by atoms with Crippen LogP contribution < -0.4 is 11.1 Å². The van der Waals surface area contributed by atoms with E-state index >= 15 is 0 Å². The van der Waals surface area contributed by atoms with Gasteiger partial charge in [0.2, 0.25) is 0 Å². The minimum absolute atomic E-state index is 0.390. The van der Waals surface area contributed by atoms with Crippen LogP contribution in [-0.2, 0) is 0 Å². The molecule has 0 aliphatic carbocycles. The van der Waals surface area contributed by atoms with Crippen molar-refractivity contribution in [1.82, 2.24) is 0 Å². The van der Waals surface area contributed by atoms with Crippen molar-refractivity contribution < 1.29 is 0 Å². The highest BCUT2D eigenvalue weighted by molar-refractivity contribution is 7.80. The predicted molar refractivity (Wildman–Crippen MR) is 91.5 cm³/mol. The van der Waals surface area contributed by atoms with Crippen LogP contribution in [0.3, 0.4) is 0 Å². The van der Waals surface area contributed by atoms with Crippen molar-refractivity contribution in [2.75, 3.05) is 5.32 Å². The van der Waals surface area contributed by atoms with Gasteiger partial charge in [-0.2, -0.15) is 0 Å². The number of anilines is 2. The summed E-state index contributed by atoms with van der Waals surface area (Å²) in [6.45, 7) is 3.89. The molecule has 0 spiro atoms. The Labute approximate surface area is 133 Å². The highest BCUT2D eigenvalue weighted by atomic mass is 35.5. The third-order valence-corrected chi connectivity index (χ3v) is 4.07. The Morgan fingerprint density at radius 3 is 2.40 bits per heavy atom. The molecule has 3 N–H and O–H groups in total. The topological polar surface area (TPSA) is 38.0 Å². The second-order valence-electron chi connectivity index (χ2n) is 4.57. The SMILES string of the molecule is Cc1cc(Nc2c(Cl)ccc(C)c2Cl)ccc1C(N)=S. The Balaban J connectivity index is 2.39. The first-order valence-electron chi connectivity index (χ1n) is 6.02. The average Bonchev–Trinajstić information content (AvgIpc) is 2.39. The van der Waals surface area contributed by atoms with Gasteiger partial charge in [-0.25, -0.2) is 0 Å². The Kier molecular flexibility index (Phi) is 4.53. The van der Waals surface area contributed by atoms with Gasteiger partial charge >= 0.3 is 0 Å². The number of nitrogens with two attached hydrogens (primary N) is 1. The summed E-state index contributed by atoms with van der Waals surface area (Å²) in [6.07, 6.45) is 0. The van der Waals surface area contributed by atoms with E-state index in [0.717, 1.165) is 22.4 Å². The van der Waals surface area contributed by atoms with Crippen LogP contribution in [0.25, 0.3) is 0 Å². The number of hydrogen-bond acceptors (Lipinski definition) is 2. The highest BCUT2D eigenvalue weighted by Crippen LogP contribution is 2.35. The molecule has 0 heterocycles. The monoisotopic (exact) mass is 324 g/mol. The summed E-state index contributed by atoms with van der Waals surface area (Å²) in [4.78, 5) is 0.390. The molecule has 0 atom stereocenters. The van der Waals surface area contributed by atoms with Gasteiger partial charge in [-0.15, -0.1) is 0 Å². The molecule has 104 valence electrons. The zero-order valence-corrected chi connectivity index (χ0v) is 13.5. The second kappa shape index (κ2) is 6.00. The van der Waals surface area contributed by atoms with E-state index in [0.29, 0.717) is 20.7 Å². The van der Waals surface area contributed by atoms with E-state index < -0.39 is 0 Å². The summed E-state index contributed by atoms with van der Waals surface area (Å²) in [7, 11) is 0. The van der Waals surface area contributed by atoms with Crippen molar-refractivity contribution in [2.45, 2.75) is 13.8 Å². The average molecular weight is 325 g/mol. The van der Waals surface area contributed by atoms with Crippen molar-refractivity contribution in [2.24, 2.45) is 5.73 Å². The van der Waals surface area contributed by atoms with E-state index in [-0.39, 0.29) is 0 Å². The number of benzene rings is 2. The summed E-state index contributed by atoms with van der Waals surface area (Å²) in [5.41, 5.74) is 10.1. The lowest BCUT2D eigenvalue weighted by atomic mass is 10.1. The molecule has 0 amide bonds. The third-order valence-electron chi connectivity index (χ3n) is 3.05. The molecule has 2 rings (SSSR count). The molecule has 20 heavy (non-hydrogen) atoms. The van der Waals surface area contributed by atoms with Gasteiger partial charge in [0.05, 0.1) is 15.7 Å². The Morgan fingerprint density at radius 1 is 1.10 bits per heavy atom. The minimum Gasteiger partial charge on any atom is -0.389 e. The Morgan fingerprint density at radius 2 is 1.80 bits per heavy atom. The summed E-state index contributed by atoms with van der Waals surface area (Å²) >= 11 is 17.5. The molecule has 0 aliphatic heterocycles. The number of aryl methyl sites for hydroxylation is 2. The molecule has 2 aromatic carbocycles. The van der Waals surface area contributed by atoms with Crippen LogP contribution in [0.15, 0.2) is 30.3 Å².